The van der Waals surface area contributed by atoms with Crippen LogP contribution >= 0.6 is 11.3 Å². The van der Waals surface area contributed by atoms with Crippen LogP contribution in [0.15, 0.2) is 47.8 Å². The van der Waals surface area contributed by atoms with E-state index >= 15 is 0 Å². The number of benzene rings is 2. The molecule has 3 aromatic rings. The van der Waals surface area contributed by atoms with Gasteiger partial charge in [0.15, 0.2) is 23.2 Å². The van der Waals surface area contributed by atoms with Crippen LogP contribution in [0.5, 0.6) is 17.2 Å². The lowest BCUT2D eigenvalue weighted by molar-refractivity contribution is -0.123. The van der Waals surface area contributed by atoms with Gasteiger partial charge < -0.3 is 19.5 Å². The summed E-state index contributed by atoms with van der Waals surface area (Å²) in [5.74, 6) is 1.19. The van der Waals surface area contributed by atoms with E-state index in [2.05, 4.69) is 10.3 Å². The van der Waals surface area contributed by atoms with Crippen LogP contribution in [-0.4, -0.2) is 44.2 Å². The smallest absolute Gasteiger partial charge is 0.265 e. The highest BCUT2D eigenvalue weighted by Crippen LogP contribution is 2.34. The molecule has 0 unspecified atom stereocenters. The molecule has 0 saturated carbocycles. The number of nitrogens with one attached hydrogen (secondary N) is 1. The Morgan fingerprint density at radius 2 is 2.00 bits per heavy atom. The van der Waals surface area contributed by atoms with Gasteiger partial charge >= 0.3 is 0 Å². The lowest BCUT2D eigenvalue weighted by Gasteiger charge is -2.28. The van der Waals surface area contributed by atoms with Crippen LogP contribution in [0, 0.1) is 0 Å². The molecule has 30 heavy (non-hydrogen) atoms. The number of thiazole rings is 1. The summed E-state index contributed by atoms with van der Waals surface area (Å²) in [6.07, 6.45) is 0. The van der Waals surface area contributed by atoms with E-state index in [0.29, 0.717) is 33.8 Å². The van der Waals surface area contributed by atoms with Crippen LogP contribution < -0.4 is 24.4 Å². The van der Waals surface area contributed by atoms with Crippen molar-refractivity contribution in [1.82, 2.24) is 4.98 Å². The normalized spacial score (nSPS) is 12.7. The van der Waals surface area contributed by atoms with Crippen molar-refractivity contribution in [3.8, 4) is 28.5 Å². The minimum Gasteiger partial charge on any atom is -0.493 e. The van der Waals surface area contributed by atoms with Gasteiger partial charge in [-0.25, -0.2) is 4.98 Å². The molecule has 0 spiro atoms. The number of aromatic nitrogens is 1. The van der Waals surface area contributed by atoms with E-state index in [1.165, 1.54) is 16.2 Å². The fourth-order valence-corrected chi connectivity index (χ4v) is 3.82. The molecule has 1 N–H and O–H groups in total. The number of rotatable bonds is 6. The van der Waals surface area contributed by atoms with Crippen molar-refractivity contribution in [2.45, 2.75) is 0 Å². The number of hydrogen-bond acceptors (Lipinski definition) is 7. The van der Waals surface area contributed by atoms with Crippen LogP contribution in [0.2, 0.25) is 0 Å². The van der Waals surface area contributed by atoms with Gasteiger partial charge in [0.1, 0.15) is 12.3 Å². The second kappa shape index (κ2) is 8.42. The fraction of sp³-hybridized carbons (Fsp3) is 0.190. The van der Waals surface area contributed by atoms with E-state index in [-0.39, 0.29) is 25.0 Å². The Kier molecular flexibility index (Phi) is 5.53. The number of methoxy groups -OCH3 is 2. The second-order valence-electron chi connectivity index (χ2n) is 6.39. The zero-order valence-corrected chi connectivity index (χ0v) is 17.2. The number of carbonyl (C=O) groups excluding carboxylic acids is 2. The standard InChI is InChI=1S/C21H19N3O5S/c1-27-17-8-7-13(9-18(17)28-2)14-12-30-21(22-14)23-19(25)10-24-15-5-3-4-6-16(15)29-11-20(24)26/h3-9,12H,10-11H2,1-2H3,(H,22,23,25). The Labute approximate surface area is 177 Å². The van der Waals surface area contributed by atoms with Crippen LogP contribution in [0.1, 0.15) is 0 Å². The Morgan fingerprint density at radius 1 is 1.20 bits per heavy atom. The van der Waals surface area contributed by atoms with Gasteiger partial charge in [-0.1, -0.05) is 12.1 Å². The average Bonchev–Trinajstić information content (AvgIpc) is 3.23. The molecule has 0 fully saturated rings. The molecule has 1 aromatic heterocycles. The van der Waals surface area contributed by atoms with Gasteiger partial charge in [0, 0.05) is 10.9 Å². The number of nitrogens with zero attached hydrogens (tertiary/aromatic N) is 2. The van der Waals surface area contributed by atoms with Crippen molar-refractivity contribution in [3.05, 3.63) is 47.8 Å². The summed E-state index contributed by atoms with van der Waals surface area (Å²) in [5.41, 5.74) is 2.11. The molecule has 2 amide bonds. The SMILES string of the molecule is COc1ccc(-c2csc(NC(=O)CN3C(=O)COc4ccccc43)n2)cc1OC. The Balaban J connectivity index is 1.47. The molecule has 4 rings (SSSR count). The third-order valence-electron chi connectivity index (χ3n) is 4.54. The molecule has 8 nitrogen and oxygen atoms in total. The number of amides is 2. The highest BCUT2D eigenvalue weighted by molar-refractivity contribution is 7.14. The van der Waals surface area contributed by atoms with Gasteiger partial charge in [0.25, 0.3) is 5.91 Å². The fourth-order valence-electron chi connectivity index (χ4n) is 3.09. The first-order valence-electron chi connectivity index (χ1n) is 9.09. The number of para-hydroxylation sites is 2. The van der Waals surface area contributed by atoms with Gasteiger partial charge in [-0.05, 0) is 30.3 Å². The number of ether oxygens (including phenoxy) is 3. The van der Waals surface area contributed by atoms with E-state index in [4.69, 9.17) is 14.2 Å². The van der Waals surface area contributed by atoms with Crippen molar-refractivity contribution < 1.29 is 23.8 Å². The first kappa shape index (κ1) is 19.7. The summed E-state index contributed by atoms with van der Waals surface area (Å²) in [5, 5.41) is 5.04. The van der Waals surface area contributed by atoms with Gasteiger partial charge in [-0.3, -0.25) is 14.5 Å². The minimum atomic E-state index is -0.340. The number of fused-ring (bicyclic) bond motifs is 1. The number of hydrogen-bond donors (Lipinski definition) is 1. The lowest BCUT2D eigenvalue weighted by Crippen LogP contribution is -2.43. The van der Waals surface area contributed by atoms with Crippen molar-refractivity contribution in [2.75, 3.05) is 37.6 Å². The Bertz CT molecular complexity index is 1100. The zero-order valence-electron chi connectivity index (χ0n) is 16.4. The highest BCUT2D eigenvalue weighted by atomic mass is 32.1. The second-order valence-corrected chi connectivity index (χ2v) is 7.25. The highest BCUT2D eigenvalue weighted by Gasteiger charge is 2.27. The molecule has 0 radical (unpaired) electrons. The predicted molar refractivity (Wildman–Crippen MR) is 114 cm³/mol. The van der Waals surface area contributed by atoms with Gasteiger partial charge in [-0.15, -0.1) is 11.3 Å². The third kappa shape index (κ3) is 3.92. The van der Waals surface area contributed by atoms with Crippen LogP contribution in [0.25, 0.3) is 11.3 Å². The van der Waals surface area contributed by atoms with E-state index in [1.54, 1.807) is 38.5 Å². The molecule has 2 heterocycles. The van der Waals surface area contributed by atoms with Crippen molar-refractivity contribution >= 4 is 34.0 Å². The molecular weight excluding hydrogens is 406 g/mol. The molecule has 9 heteroatoms. The van der Waals surface area contributed by atoms with Gasteiger partial charge in [-0.2, -0.15) is 0 Å². The molecular formula is C21H19N3O5S. The Hall–Kier alpha value is -3.59. The molecule has 0 atom stereocenters. The van der Waals surface area contributed by atoms with E-state index in [9.17, 15) is 9.59 Å². The van der Waals surface area contributed by atoms with Crippen molar-refractivity contribution in [3.63, 3.8) is 0 Å². The van der Waals surface area contributed by atoms with E-state index in [0.717, 1.165) is 5.56 Å². The monoisotopic (exact) mass is 425 g/mol. The summed E-state index contributed by atoms with van der Waals surface area (Å²) in [4.78, 5) is 30.7. The van der Waals surface area contributed by atoms with Crippen molar-refractivity contribution in [2.24, 2.45) is 0 Å². The van der Waals surface area contributed by atoms with Crippen molar-refractivity contribution in [1.29, 1.82) is 0 Å². The maximum Gasteiger partial charge on any atom is 0.265 e. The minimum absolute atomic E-state index is 0.0923. The quantitative estimate of drug-likeness (QED) is 0.652. The molecule has 0 saturated heterocycles. The van der Waals surface area contributed by atoms with E-state index in [1.807, 2.05) is 23.6 Å². The topological polar surface area (TPSA) is 90.0 Å². The number of anilines is 2. The number of carbonyl (C=O) groups is 2. The summed E-state index contributed by atoms with van der Waals surface area (Å²) >= 11 is 1.30. The first-order valence-corrected chi connectivity index (χ1v) is 9.97. The summed E-state index contributed by atoms with van der Waals surface area (Å²) in [7, 11) is 3.14. The summed E-state index contributed by atoms with van der Waals surface area (Å²) in [6.45, 7) is -0.213. The van der Waals surface area contributed by atoms with Crippen LogP contribution in [-0.2, 0) is 9.59 Å². The van der Waals surface area contributed by atoms with E-state index < -0.39 is 0 Å². The summed E-state index contributed by atoms with van der Waals surface area (Å²) in [6, 6.07) is 12.6. The Morgan fingerprint density at radius 3 is 2.80 bits per heavy atom. The summed E-state index contributed by atoms with van der Waals surface area (Å²) < 4.78 is 16.0. The average molecular weight is 425 g/mol. The predicted octanol–water partition coefficient (Wildman–Crippen LogP) is 3.19. The maximum absolute atomic E-state index is 12.6. The van der Waals surface area contributed by atoms with Gasteiger partial charge in [0.2, 0.25) is 5.91 Å². The molecule has 154 valence electrons. The molecule has 1 aliphatic heterocycles. The molecule has 0 bridgehead atoms. The molecule has 2 aromatic carbocycles. The maximum atomic E-state index is 12.6. The first-order chi connectivity index (χ1) is 14.6. The largest absolute Gasteiger partial charge is 0.493 e. The van der Waals surface area contributed by atoms with Crippen LogP contribution in [0.4, 0.5) is 10.8 Å². The third-order valence-corrected chi connectivity index (χ3v) is 5.30. The van der Waals surface area contributed by atoms with Gasteiger partial charge in [0.05, 0.1) is 25.6 Å². The zero-order chi connectivity index (χ0) is 21.1. The molecule has 0 aliphatic carbocycles. The lowest BCUT2D eigenvalue weighted by atomic mass is 10.1. The van der Waals surface area contributed by atoms with Crippen LogP contribution in [0.3, 0.4) is 0 Å². The molecule has 1 aliphatic rings.